The normalized spacial score (nSPS) is 10.9. The van der Waals surface area contributed by atoms with Crippen molar-refractivity contribution in [2.45, 2.75) is 13.3 Å². The van der Waals surface area contributed by atoms with Gasteiger partial charge in [0.1, 0.15) is 11.5 Å². The molecular formula is C17H17NO2. The van der Waals surface area contributed by atoms with E-state index in [0.29, 0.717) is 6.42 Å². The van der Waals surface area contributed by atoms with Crippen molar-refractivity contribution in [3.63, 3.8) is 0 Å². The van der Waals surface area contributed by atoms with E-state index in [0.717, 1.165) is 33.7 Å². The highest BCUT2D eigenvalue weighted by molar-refractivity contribution is 5.86. The molecule has 0 spiro atoms. The predicted molar refractivity (Wildman–Crippen MR) is 80.3 cm³/mol. The topological polar surface area (TPSA) is 45.2 Å². The molecule has 3 aromatic rings. The molecular weight excluding hydrogens is 250 g/mol. The molecule has 0 fully saturated rings. The first-order chi connectivity index (χ1) is 9.78. The average Bonchev–Trinajstić information content (AvgIpc) is 2.77. The van der Waals surface area contributed by atoms with Gasteiger partial charge in [-0.25, -0.2) is 0 Å². The lowest BCUT2D eigenvalue weighted by molar-refractivity contribution is 0.300. The summed E-state index contributed by atoms with van der Waals surface area (Å²) in [7, 11) is 0. The maximum absolute atomic E-state index is 9.18. The van der Waals surface area contributed by atoms with Gasteiger partial charge in [0.15, 0.2) is 0 Å². The Bertz CT molecular complexity index is 716. The minimum Gasteiger partial charge on any atom is -0.457 e. The van der Waals surface area contributed by atoms with Gasteiger partial charge in [-0.1, -0.05) is 18.2 Å². The van der Waals surface area contributed by atoms with Crippen LogP contribution in [0.25, 0.3) is 10.9 Å². The summed E-state index contributed by atoms with van der Waals surface area (Å²) >= 11 is 0. The molecule has 0 amide bonds. The van der Waals surface area contributed by atoms with Crippen LogP contribution in [0, 0.1) is 6.92 Å². The fourth-order valence-electron chi connectivity index (χ4n) is 2.48. The maximum atomic E-state index is 9.18. The van der Waals surface area contributed by atoms with Gasteiger partial charge in [0, 0.05) is 23.2 Å². The molecule has 102 valence electrons. The highest BCUT2D eigenvalue weighted by atomic mass is 16.5. The van der Waals surface area contributed by atoms with Gasteiger partial charge in [-0.2, -0.15) is 0 Å². The van der Waals surface area contributed by atoms with E-state index in [-0.39, 0.29) is 6.61 Å². The zero-order chi connectivity index (χ0) is 13.9. The van der Waals surface area contributed by atoms with Gasteiger partial charge in [-0.15, -0.1) is 0 Å². The number of benzene rings is 2. The first kappa shape index (κ1) is 12.8. The molecule has 0 saturated carbocycles. The van der Waals surface area contributed by atoms with Gasteiger partial charge >= 0.3 is 0 Å². The molecule has 1 heterocycles. The maximum Gasteiger partial charge on any atom is 0.128 e. The fourth-order valence-corrected chi connectivity index (χ4v) is 2.48. The Morgan fingerprint density at radius 1 is 1.05 bits per heavy atom. The van der Waals surface area contributed by atoms with Crippen molar-refractivity contribution in [2.75, 3.05) is 6.61 Å². The standard InChI is InChI=1S/C17H17NO2/c1-12-15(9-10-19)16-11-14(7-8-17(16)18-12)20-13-5-3-2-4-6-13/h2-8,11,18-19H,9-10H2,1H3. The minimum atomic E-state index is 0.150. The molecule has 1 aromatic heterocycles. The van der Waals surface area contributed by atoms with Crippen LogP contribution in [-0.4, -0.2) is 16.7 Å². The highest BCUT2D eigenvalue weighted by Gasteiger charge is 2.09. The van der Waals surface area contributed by atoms with E-state index in [9.17, 15) is 5.11 Å². The van der Waals surface area contributed by atoms with Crippen LogP contribution in [0.3, 0.4) is 0 Å². The zero-order valence-electron chi connectivity index (χ0n) is 11.4. The van der Waals surface area contributed by atoms with Gasteiger partial charge in [0.05, 0.1) is 0 Å². The Morgan fingerprint density at radius 2 is 1.85 bits per heavy atom. The lowest BCUT2D eigenvalue weighted by Gasteiger charge is -2.06. The van der Waals surface area contributed by atoms with E-state index in [1.54, 1.807) is 0 Å². The van der Waals surface area contributed by atoms with Crippen LogP contribution in [0.1, 0.15) is 11.3 Å². The third-order valence-corrected chi connectivity index (χ3v) is 3.43. The Labute approximate surface area is 117 Å². The molecule has 2 N–H and O–H groups in total. The Kier molecular flexibility index (Phi) is 3.44. The van der Waals surface area contributed by atoms with Crippen LogP contribution in [-0.2, 0) is 6.42 Å². The number of ether oxygens (including phenoxy) is 1. The summed E-state index contributed by atoms with van der Waals surface area (Å²) in [5.74, 6) is 1.63. The average molecular weight is 267 g/mol. The van der Waals surface area contributed by atoms with E-state index in [1.807, 2.05) is 55.5 Å². The van der Waals surface area contributed by atoms with Crippen LogP contribution in [0.15, 0.2) is 48.5 Å². The second-order valence-electron chi connectivity index (χ2n) is 4.82. The Balaban J connectivity index is 1.99. The monoisotopic (exact) mass is 267 g/mol. The Morgan fingerprint density at radius 3 is 2.60 bits per heavy atom. The van der Waals surface area contributed by atoms with Crippen molar-refractivity contribution >= 4 is 10.9 Å². The number of aromatic nitrogens is 1. The summed E-state index contributed by atoms with van der Waals surface area (Å²) in [6, 6.07) is 15.7. The minimum absolute atomic E-state index is 0.150. The highest BCUT2D eigenvalue weighted by Crippen LogP contribution is 2.29. The summed E-state index contributed by atoms with van der Waals surface area (Å²) < 4.78 is 5.85. The molecule has 0 aliphatic rings. The van der Waals surface area contributed by atoms with E-state index >= 15 is 0 Å². The van der Waals surface area contributed by atoms with Crippen LogP contribution in [0.2, 0.25) is 0 Å². The van der Waals surface area contributed by atoms with E-state index in [4.69, 9.17) is 4.74 Å². The molecule has 0 unspecified atom stereocenters. The number of aryl methyl sites for hydroxylation is 1. The zero-order valence-corrected chi connectivity index (χ0v) is 11.4. The summed E-state index contributed by atoms with van der Waals surface area (Å²) in [5.41, 5.74) is 3.33. The third kappa shape index (κ3) is 2.40. The molecule has 2 aromatic carbocycles. The van der Waals surface area contributed by atoms with Crippen molar-refractivity contribution in [2.24, 2.45) is 0 Å². The van der Waals surface area contributed by atoms with Gasteiger partial charge in [0.25, 0.3) is 0 Å². The number of para-hydroxylation sites is 1. The first-order valence-corrected chi connectivity index (χ1v) is 6.73. The molecule has 0 aliphatic heterocycles. The van der Waals surface area contributed by atoms with Crippen molar-refractivity contribution < 1.29 is 9.84 Å². The number of aliphatic hydroxyl groups excluding tert-OH is 1. The number of rotatable bonds is 4. The molecule has 0 saturated heterocycles. The van der Waals surface area contributed by atoms with Crippen LogP contribution in [0.4, 0.5) is 0 Å². The lowest BCUT2D eigenvalue weighted by atomic mass is 10.1. The molecule has 20 heavy (non-hydrogen) atoms. The summed E-state index contributed by atoms with van der Waals surface area (Å²) in [6.45, 7) is 2.18. The number of fused-ring (bicyclic) bond motifs is 1. The molecule has 0 aliphatic carbocycles. The van der Waals surface area contributed by atoms with Gasteiger partial charge in [0.2, 0.25) is 0 Å². The largest absolute Gasteiger partial charge is 0.457 e. The SMILES string of the molecule is Cc1[nH]c2ccc(Oc3ccccc3)cc2c1CCO. The summed E-state index contributed by atoms with van der Waals surface area (Å²) in [5, 5.41) is 10.3. The molecule has 0 radical (unpaired) electrons. The van der Waals surface area contributed by atoms with Gasteiger partial charge < -0.3 is 14.8 Å². The quantitative estimate of drug-likeness (QED) is 0.755. The van der Waals surface area contributed by atoms with E-state index in [1.165, 1.54) is 0 Å². The predicted octanol–water partition coefficient (Wildman–Crippen LogP) is 3.80. The molecule has 3 heteroatoms. The number of hydrogen-bond acceptors (Lipinski definition) is 2. The fraction of sp³-hybridized carbons (Fsp3) is 0.176. The van der Waals surface area contributed by atoms with Gasteiger partial charge in [-0.3, -0.25) is 0 Å². The van der Waals surface area contributed by atoms with Crippen LogP contribution >= 0.6 is 0 Å². The molecule has 3 nitrogen and oxygen atoms in total. The number of H-pyrrole nitrogens is 1. The van der Waals surface area contributed by atoms with Crippen molar-refractivity contribution in [3.05, 3.63) is 59.8 Å². The second kappa shape index (κ2) is 5.39. The molecule has 0 atom stereocenters. The van der Waals surface area contributed by atoms with Crippen molar-refractivity contribution in [1.29, 1.82) is 0 Å². The van der Waals surface area contributed by atoms with Crippen molar-refractivity contribution in [1.82, 2.24) is 4.98 Å². The molecule has 3 rings (SSSR count). The number of hydrogen-bond donors (Lipinski definition) is 2. The lowest BCUT2D eigenvalue weighted by Crippen LogP contribution is -1.91. The number of aliphatic hydroxyl groups is 1. The van der Waals surface area contributed by atoms with Crippen molar-refractivity contribution in [3.8, 4) is 11.5 Å². The Hall–Kier alpha value is -2.26. The number of nitrogens with one attached hydrogen (secondary N) is 1. The van der Waals surface area contributed by atoms with Crippen LogP contribution in [0.5, 0.6) is 11.5 Å². The van der Waals surface area contributed by atoms with Gasteiger partial charge in [-0.05, 0) is 49.2 Å². The third-order valence-electron chi connectivity index (χ3n) is 3.43. The second-order valence-corrected chi connectivity index (χ2v) is 4.82. The summed E-state index contributed by atoms with van der Waals surface area (Å²) in [6.07, 6.45) is 0.653. The summed E-state index contributed by atoms with van der Waals surface area (Å²) in [4.78, 5) is 3.34. The van der Waals surface area contributed by atoms with E-state index < -0.39 is 0 Å². The first-order valence-electron chi connectivity index (χ1n) is 6.73. The smallest absolute Gasteiger partial charge is 0.128 e. The molecule has 0 bridgehead atoms. The number of aromatic amines is 1. The van der Waals surface area contributed by atoms with Crippen LogP contribution < -0.4 is 4.74 Å². The van der Waals surface area contributed by atoms with E-state index in [2.05, 4.69) is 4.98 Å².